The number of aryl methyl sites for hydroxylation is 1. The first kappa shape index (κ1) is 19.4. The van der Waals surface area contributed by atoms with Crippen molar-refractivity contribution in [1.82, 2.24) is 15.0 Å². The molecule has 0 spiro atoms. The summed E-state index contributed by atoms with van der Waals surface area (Å²) < 4.78 is 43.7. The summed E-state index contributed by atoms with van der Waals surface area (Å²) in [5, 5.41) is -0.154. The predicted molar refractivity (Wildman–Crippen MR) is 101 cm³/mol. The SMILES string of the molecule is COc1ncc(Oc2ccccc2OC)c(NS(=O)(=O)c2ccc(C)cn2)n1. The number of hydrogen-bond acceptors (Lipinski definition) is 8. The van der Waals surface area contributed by atoms with Gasteiger partial charge in [-0.2, -0.15) is 18.4 Å². The summed E-state index contributed by atoms with van der Waals surface area (Å²) in [6.07, 6.45) is 2.76. The number of hydrogen-bond donors (Lipinski definition) is 1. The maximum absolute atomic E-state index is 12.7. The van der Waals surface area contributed by atoms with Crippen LogP contribution in [-0.4, -0.2) is 37.6 Å². The number of nitrogens with zero attached hydrogens (tertiary/aromatic N) is 3. The van der Waals surface area contributed by atoms with Crippen LogP contribution in [0.2, 0.25) is 0 Å². The Kier molecular flexibility index (Phi) is 5.59. The first-order valence-electron chi connectivity index (χ1n) is 8.10. The molecule has 2 heterocycles. The van der Waals surface area contributed by atoms with Gasteiger partial charge in [0, 0.05) is 6.20 Å². The van der Waals surface area contributed by atoms with E-state index in [1.54, 1.807) is 30.3 Å². The van der Waals surface area contributed by atoms with Crippen LogP contribution in [0.25, 0.3) is 0 Å². The third-order valence-corrected chi connectivity index (χ3v) is 4.85. The lowest BCUT2D eigenvalue weighted by Gasteiger charge is -2.14. The number of ether oxygens (including phenoxy) is 3. The van der Waals surface area contributed by atoms with Gasteiger partial charge in [-0.25, -0.2) is 4.98 Å². The summed E-state index contributed by atoms with van der Waals surface area (Å²) in [4.78, 5) is 12.0. The van der Waals surface area contributed by atoms with Crippen LogP contribution >= 0.6 is 0 Å². The first-order chi connectivity index (χ1) is 13.4. The number of aromatic nitrogens is 3. The van der Waals surface area contributed by atoms with Gasteiger partial charge in [-0.1, -0.05) is 18.2 Å². The Morgan fingerprint density at radius 2 is 1.64 bits per heavy atom. The molecule has 2 aromatic heterocycles. The molecule has 28 heavy (non-hydrogen) atoms. The zero-order chi connectivity index (χ0) is 20.1. The zero-order valence-corrected chi connectivity index (χ0v) is 16.2. The molecule has 0 aliphatic carbocycles. The molecule has 0 aliphatic rings. The van der Waals surface area contributed by atoms with E-state index in [0.717, 1.165) is 5.56 Å². The van der Waals surface area contributed by atoms with E-state index in [-0.39, 0.29) is 22.6 Å². The fourth-order valence-corrected chi connectivity index (χ4v) is 3.16. The van der Waals surface area contributed by atoms with Crippen molar-refractivity contribution in [3.05, 3.63) is 54.4 Å². The average molecular weight is 402 g/mol. The van der Waals surface area contributed by atoms with Gasteiger partial charge >= 0.3 is 6.01 Å². The summed E-state index contributed by atoms with van der Waals surface area (Å²) in [5.41, 5.74) is 0.836. The van der Waals surface area contributed by atoms with E-state index in [1.165, 1.54) is 32.7 Å². The molecule has 0 atom stereocenters. The smallest absolute Gasteiger partial charge is 0.318 e. The molecule has 1 aromatic carbocycles. The summed E-state index contributed by atoms with van der Waals surface area (Å²) in [5.74, 6) is 0.807. The second kappa shape index (κ2) is 8.09. The largest absolute Gasteiger partial charge is 0.493 e. The number of para-hydroxylation sites is 2. The second-order valence-corrected chi connectivity index (χ2v) is 7.23. The van der Waals surface area contributed by atoms with Gasteiger partial charge in [-0.15, -0.1) is 0 Å². The molecule has 1 N–H and O–H groups in total. The van der Waals surface area contributed by atoms with E-state index in [4.69, 9.17) is 14.2 Å². The highest BCUT2D eigenvalue weighted by Crippen LogP contribution is 2.35. The van der Waals surface area contributed by atoms with Gasteiger partial charge in [0.15, 0.2) is 28.1 Å². The Morgan fingerprint density at radius 1 is 0.893 bits per heavy atom. The maximum Gasteiger partial charge on any atom is 0.318 e. The summed E-state index contributed by atoms with van der Waals surface area (Å²) in [6, 6.07) is 9.93. The summed E-state index contributed by atoms with van der Waals surface area (Å²) in [6.45, 7) is 1.81. The van der Waals surface area contributed by atoms with Crippen LogP contribution in [0, 0.1) is 6.92 Å². The molecule has 3 aromatic rings. The van der Waals surface area contributed by atoms with Crippen molar-refractivity contribution >= 4 is 15.8 Å². The molecule has 9 nitrogen and oxygen atoms in total. The van der Waals surface area contributed by atoms with Gasteiger partial charge in [0.1, 0.15) is 0 Å². The molecular weight excluding hydrogens is 384 g/mol. The Hall–Kier alpha value is -3.40. The minimum Gasteiger partial charge on any atom is -0.493 e. The van der Waals surface area contributed by atoms with Crippen molar-refractivity contribution in [3.63, 3.8) is 0 Å². The zero-order valence-electron chi connectivity index (χ0n) is 15.4. The highest BCUT2D eigenvalue weighted by molar-refractivity contribution is 7.92. The van der Waals surface area contributed by atoms with E-state index < -0.39 is 10.0 Å². The van der Waals surface area contributed by atoms with Crippen molar-refractivity contribution in [2.45, 2.75) is 11.9 Å². The molecule has 0 fully saturated rings. The first-order valence-corrected chi connectivity index (χ1v) is 9.58. The van der Waals surface area contributed by atoms with Crippen molar-refractivity contribution in [2.75, 3.05) is 18.9 Å². The van der Waals surface area contributed by atoms with Crippen LogP contribution in [0.3, 0.4) is 0 Å². The lowest BCUT2D eigenvalue weighted by Crippen LogP contribution is -2.16. The molecule has 0 amide bonds. The number of sulfonamides is 1. The van der Waals surface area contributed by atoms with Gasteiger partial charge in [-0.3, -0.25) is 4.72 Å². The minimum absolute atomic E-state index is 0.0260. The Morgan fingerprint density at radius 3 is 2.29 bits per heavy atom. The molecule has 10 heteroatoms. The highest BCUT2D eigenvalue weighted by Gasteiger charge is 2.21. The van der Waals surface area contributed by atoms with Crippen LogP contribution < -0.4 is 18.9 Å². The molecule has 146 valence electrons. The second-order valence-electron chi connectivity index (χ2n) is 5.60. The van der Waals surface area contributed by atoms with Crippen molar-refractivity contribution < 1.29 is 22.6 Å². The summed E-state index contributed by atoms with van der Waals surface area (Å²) >= 11 is 0. The van der Waals surface area contributed by atoms with E-state index in [9.17, 15) is 8.42 Å². The van der Waals surface area contributed by atoms with Crippen molar-refractivity contribution in [1.29, 1.82) is 0 Å². The van der Waals surface area contributed by atoms with Crippen LogP contribution in [0.15, 0.2) is 53.8 Å². The van der Waals surface area contributed by atoms with Gasteiger partial charge in [0.25, 0.3) is 10.0 Å². The van der Waals surface area contributed by atoms with Crippen LogP contribution in [0.4, 0.5) is 5.82 Å². The topological polar surface area (TPSA) is 113 Å². The molecule has 0 saturated carbocycles. The maximum atomic E-state index is 12.7. The van der Waals surface area contributed by atoms with Gasteiger partial charge in [-0.05, 0) is 30.7 Å². The normalized spacial score (nSPS) is 11.0. The van der Waals surface area contributed by atoms with Crippen LogP contribution in [0.1, 0.15) is 5.56 Å². The monoisotopic (exact) mass is 402 g/mol. The molecule has 0 bridgehead atoms. The molecule has 0 aliphatic heterocycles. The standard InChI is InChI=1S/C18H18N4O5S/c1-12-8-9-16(19-10-12)28(23,24)22-17-15(11-20-18(21-17)26-3)27-14-7-5-4-6-13(14)25-2/h4-11H,1-3H3,(H,20,21,22). The quantitative estimate of drug-likeness (QED) is 0.642. The number of rotatable bonds is 7. The number of pyridine rings is 1. The number of benzene rings is 1. The third-order valence-electron chi connectivity index (χ3n) is 3.60. The van der Waals surface area contributed by atoms with E-state index in [1.807, 2.05) is 6.92 Å². The van der Waals surface area contributed by atoms with Gasteiger partial charge in [0.2, 0.25) is 0 Å². The lowest BCUT2D eigenvalue weighted by atomic mass is 10.3. The molecular formula is C18H18N4O5S. The number of methoxy groups -OCH3 is 2. The lowest BCUT2D eigenvalue weighted by molar-refractivity contribution is 0.368. The van der Waals surface area contributed by atoms with Crippen LogP contribution in [-0.2, 0) is 10.0 Å². The molecule has 0 saturated heterocycles. The third kappa shape index (κ3) is 4.29. The molecule has 0 unspecified atom stereocenters. The number of nitrogens with one attached hydrogen (secondary N) is 1. The molecule has 0 radical (unpaired) electrons. The minimum atomic E-state index is -4.00. The summed E-state index contributed by atoms with van der Waals surface area (Å²) in [7, 11) is -1.13. The van der Waals surface area contributed by atoms with Gasteiger partial charge < -0.3 is 14.2 Å². The van der Waals surface area contributed by atoms with Crippen LogP contribution in [0.5, 0.6) is 23.3 Å². The van der Waals surface area contributed by atoms with E-state index in [0.29, 0.717) is 11.5 Å². The van der Waals surface area contributed by atoms with Crippen molar-refractivity contribution in [2.24, 2.45) is 0 Å². The van der Waals surface area contributed by atoms with Crippen molar-refractivity contribution in [3.8, 4) is 23.3 Å². The Bertz CT molecular complexity index is 1070. The predicted octanol–water partition coefficient (Wildman–Crippen LogP) is 2.79. The van der Waals surface area contributed by atoms with E-state index >= 15 is 0 Å². The Labute approximate surface area is 162 Å². The Balaban J connectivity index is 1.98. The van der Waals surface area contributed by atoms with Gasteiger partial charge in [0.05, 0.1) is 20.4 Å². The fraction of sp³-hybridized carbons (Fsp3) is 0.167. The number of anilines is 1. The average Bonchev–Trinajstić information content (AvgIpc) is 2.69. The molecule has 3 rings (SSSR count). The highest BCUT2D eigenvalue weighted by atomic mass is 32.2. The fourth-order valence-electron chi connectivity index (χ4n) is 2.22. The van der Waals surface area contributed by atoms with E-state index in [2.05, 4.69) is 19.7 Å².